The molecule has 0 aromatic heterocycles. The van der Waals surface area contributed by atoms with Crippen LogP contribution in [0.5, 0.6) is 11.5 Å². The molecule has 5 rings (SSSR count). The second kappa shape index (κ2) is 5.93. The van der Waals surface area contributed by atoms with Crippen molar-refractivity contribution in [2.45, 2.75) is 30.0 Å². The van der Waals surface area contributed by atoms with Crippen molar-refractivity contribution >= 4 is 0 Å². The van der Waals surface area contributed by atoms with Gasteiger partial charge in [-0.2, -0.15) is 5.06 Å². The molecule has 2 saturated heterocycles. The number of hydrogen-bond acceptors (Lipinski definition) is 7. The molecule has 0 amide bonds. The third-order valence-electron chi connectivity index (χ3n) is 6.47. The Morgan fingerprint density at radius 1 is 1.07 bits per heavy atom. The van der Waals surface area contributed by atoms with Gasteiger partial charge >= 0.3 is 0 Å². The number of rotatable bonds is 3. The molecule has 146 valence electrons. The zero-order chi connectivity index (χ0) is 18.8. The van der Waals surface area contributed by atoms with Crippen LogP contribution in [0.15, 0.2) is 24.3 Å². The molecule has 1 spiro atoms. The highest BCUT2D eigenvalue weighted by Crippen LogP contribution is 2.59. The summed E-state index contributed by atoms with van der Waals surface area (Å²) in [6.07, 6.45) is 4.54. The molecule has 0 bridgehead atoms. The second-order valence-electron chi connectivity index (χ2n) is 7.45. The maximum Gasteiger partial charge on any atom is 0.217 e. The van der Waals surface area contributed by atoms with Crippen LogP contribution in [0.4, 0.5) is 0 Å². The Bertz CT molecular complexity index is 789. The number of benzene rings is 1. The first-order valence-electron chi connectivity index (χ1n) is 9.27. The Hall–Kier alpha value is -1.64. The lowest BCUT2D eigenvalue weighted by atomic mass is 9.62. The van der Waals surface area contributed by atoms with Gasteiger partial charge in [0.15, 0.2) is 11.5 Å². The fourth-order valence-electron chi connectivity index (χ4n) is 5.34. The van der Waals surface area contributed by atoms with Crippen molar-refractivity contribution in [2.24, 2.45) is 5.92 Å². The third kappa shape index (κ3) is 2.09. The predicted molar refractivity (Wildman–Crippen MR) is 95.6 cm³/mol. The van der Waals surface area contributed by atoms with Crippen LogP contribution in [0.3, 0.4) is 0 Å². The van der Waals surface area contributed by atoms with E-state index in [0.717, 1.165) is 12.0 Å². The van der Waals surface area contributed by atoms with Crippen LogP contribution < -0.4 is 9.47 Å². The van der Waals surface area contributed by atoms with Gasteiger partial charge in [0.2, 0.25) is 5.79 Å². The zero-order valence-electron chi connectivity index (χ0n) is 16.1. The van der Waals surface area contributed by atoms with Gasteiger partial charge in [-0.15, -0.1) is 0 Å². The van der Waals surface area contributed by atoms with Crippen molar-refractivity contribution in [1.29, 1.82) is 0 Å². The van der Waals surface area contributed by atoms with Crippen molar-refractivity contribution in [1.82, 2.24) is 5.06 Å². The van der Waals surface area contributed by atoms with E-state index in [1.54, 1.807) is 21.3 Å². The Balaban J connectivity index is 1.77. The van der Waals surface area contributed by atoms with Crippen LogP contribution in [-0.4, -0.2) is 64.6 Å². The minimum Gasteiger partial charge on any atom is -0.493 e. The Labute approximate surface area is 158 Å². The van der Waals surface area contributed by atoms with Crippen molar-refractivity contribution in [3.05, 3.63) is 35.4 Å². The van der Waals surface area contributed by atoms with Crippen molar-refractivity contribution in [2.75, 3.05) is 41.6 Å². The van der Waals surface area contributed by atoms with E-state index < -0.39 is 11.4 Å². The summed E-state index contributed by atoms with van der Waals surface area (Å²) in [5.41, 5.74) is 1.45. The summed E-state index contributed by atoms with van der Waals surface area (Å²) >= 11 is 0. The number of hydrogen-bond donors (Lipinski definition) is 0. The van der Waals surface area contributed by atoms with E-state index >= 15 is 0 Å². The van der Waals surface area contributed by atoms with Crippen LogP contribution in [-0.2, 0) is 31.1 Å². The summed E-state index contributed by atoms with van der Waals surface area (Å²) < 4.78 is 29.6. The number of ether oxygens (including phenoxy) is 5. The van der Waals surface area contributed by atoms with Crippen LogP contribution >= 0.6 is 0 Å². The molecule has 2 heterocycles. The highest BCUT2D eigenvalue weighted by molar-refractivity contribution is 5.58. The molecular weight excluding hydrogens is 350 g/mol. The molecule has 27 heavy (non-hydrogen) atoms. The van der Waals surface area contributed by atoms with Crippen LogP contribution in [0, 0.1) is 5.92 Å². The molecule has 7 heteroatoms. The van der Waals surface area contributed by atoms with Gasteiger partial charge in [0, 0.05) is 31.7 Å². The van der Waals surface area contributed by atoms with Gasteiger partial charge in [-0.05, 0) is 30.2 Å². The highest BCUT2D eigenvalue weighted by Gasteiger charge is 2.67. The van der Waals surface area contributed by atoms with Gasteiger partial charge in [-0.1, -0.05) is 6.07 Å². The Morgan fingerprint density at radius 2 is 1.85 bits per heavy atom. The first-order chi connectivity index (χ1) is 13.1. The van der Waals surface area contributed by atoms with Gasteiger partial charge < -0.3 is 23.7 Å². The molecule has 1 aromatic rings. The normalized spacial score (nSPS) is 35.9. The summed E-state index contributed by atoms with van der Waals surface area (Å²) in [4.78, 5) is 6.29. The fraction of sp³-hybridized carbons (Fsp3) is 0.600. The number of hydroxylamine groups is 2. The summed E-state index contributed by atoms with van der Waals surface area (Å²) in [5.74, 6) is 0.526. The van der Waals surface area contributed by atoms with E-state index in [0.29, 0.717) is 24.7 Å². The summed E-state index contributed by atoms with van der Waals surface area (Å²) in [7, 11) is 7.02. The van der Waals surface area contributed by atoms with E-state index in [1.165, 1.54) is 5.56 Å². The number of fused-ring (bicyclic) bond motifs is 3. The minimum atomic E-state index is -0.862. The standard InChI is InChI=1S/C20H25NO6/c1-21-13-11-12-5-6-14(22-2)17(23-3)15(12)19(24-4)7-8-20(25-9-10-26-20)18(27-21)16(13)19/h5-8,13,16,18H,9-11H2,1-4H3/t13-,16-,18+,19+/m1/s1. The van der Waals surface area contributed by atoms with Crippen molar-refractivity contribution < 1.29 is 28.5 Å². The largest absolute Gasteiger partial charge is 0.493 e. The van der Waals surface area contributed by atoms with E-state index in [4.69, 9.17) is 28.5 Å². The first kappa shape index (κ1) is 17.5. The van der Waals surface area contributed by atoms with Gasteiger partial charge in [-0.25, -0.2) is 0 Å². The molecule has 7 nitrogen and oxygen atoms in total. The topological polar surface area (TPSA) is 58.6 Å². The summed E-state index contributed by atoms with van der Waals surface area (Å²) in [6, 6.07) is 4.18. The highest BCUT2D eigenvalue weighted by atomic mass is 16.8. The first-order valence-corrected chi connectivity index (χ1v) is 9.27. The molecule has 1 aromatic carbocycles. The SMILES string of the molecule is COc1ccc2c(c1OC)[C@@]1(OC)C=CC3(OCCO3)[C@H]3ON(C)[C@H](C2)[C@H]31. The zero-order valence-corrected chi connectivity index (χ0v) is 16.1. The Kier molecular flexibility index (Phi) is 3.83. The van der Waals surface area contributed by atoms with Gasteiger partial charge in [-0.3, -0.25) is 4.84 Å². The smallest absolute Gasteiger partial charge is 0.217 e. The predicted octanol–water partition coefficient (Wildman–Crippen LogP) is 1.64. The maximum absolute atomic E-state index is 6.29. The molecule has 0 radical (unpaired) electrons. The van der Waals surface area contributed by atoms with Gasteiger partial charge in [0.1, 0.15) is 11.7 Å². The van der Waals surface area contributed by atoms with Crippen LogP contribution in [0.25, 0.3) is 0 Å². The fourth-order valence-corrected chi connectivity index (χ4v) is 5.34. The quantitative estimate of drug-likeness (QED) is 0.745. The van der Waals surface area contributed by atoms with E-state index in [2.05, 4.69) is 12.1 Å². The average molecular weight is 375 g/mol. The monoisotopic (exact) mass is 375 g/mol. The third-order valence-corrected chi connectivity index (χ3v) is 6.47. The molecule has 0 saturated carbocycles. The number of methoxy groups -OCH3 is 3. The lowest BCUT2D eigenvalue weighted by molar-refractivity contribution is -0.261. The lowest BCUT2D eigenvalue weighted by Gasteiger charge is -2.50. The molecular formula is C20H25NO6. The Morgan fingerprint density at radius 3 is 2.52 bits per heavy atom. The van der Waals surface area contributed by atoms with Crippen LogP contribution in [0.2, 0.25) is 0 Å². The summed E-state index contributed by atoms with van der Waals surface area (Å²) in [5, 5.41) is 1.93. The molecule has 0 unspecified atom stereocenters. The van der Waals surface area contributed by atoms with E-state index in [9.17, 15) is 0 Å². The molecule has 0 N–H and O–H groups in total. The van der Waals surface area contributed by atoms with Crippen molar-refractivity contribution in [3.8, 4) is 11.5 Å². The van der Waals surface area contributed by atoms with Gasteiger partial charge in [0.05, 0.1) is 27.4 Å². The number of nitrogens with zero attached hydrogens (tertiary/aromatic N) is 1. The van der Waals surface area contributed by atoms with Gasteiger partial charge in [0.25, 0.3) is 0 Å². The molecule has 2 aliphatic heterocycles. The minimum absolute atomic E-state index is 0.0101. The van der Waals surface area contributed by atoms with Crippen molar-refractivity contribution in [3.63, 3.8) is 0 Å². The molecule has 4 atom stereocenters. The second-order valence-corrected chi connectivity index (χ2v) is 7.45. The number of likely N-dealkylation sites (N-methyl/N-ethyl adjacent to an activating group) is 1. The van der Waals surface area contributed by atoms with Crippen LogP contribution in [0.1, 0.15) is 11.1 Å². The van der Waals surface area contributed by atoms with E-state index in [1.807, 2.05) is 24.3 Å². The average Bonchev–Trinajstić information content (AvgIpc) is 3.30. The molecule has 2 fully saturated rings. The molecule has 2 aliphatic carbocycles. The molecule has 4 aliphatic rings. The van der Waals surface area contributed by atoms with E-state index in [-0.39, 0.29) is 18.1 Å². The maximum atomic E-state index is 6.29. The lowest BCUT2D eigenvalue weighted by Crippen LogP contribution is -2.59. The summed E-state index contributed by atoms with van der Waals surface area (Å²) in [6.45, 7) is 1.11.